The monoisotopic (exact) mass is 592 g/mol. The van der Waals surface area contributed by atoms with Crippen LogP contribution in [0.25, 0.3) is 32.6 Å². The van der Waals surface area contributed by atoms with Gasteiger partial charge >= 0.3 is 6.09 Å². The molecule has 0 aliphatic heterocycles. The molecular weight excluding hydrogens is 555 g/mol. The third-order valence-corrected chi connectivity index (χ3v) is 7.99. The molecule has 1 aliphatic carbocycles. The SMILES string of the molecule is CN(C)C1CCc2cc(-c3nnc(-c4ccc(F)cc4OCCOCCNC(=O)OC(C)(C)C)c4sccc34)ccc21. The Morgan fingerprint density at radius 1 is 1.07 bits per heavy atom. The highest BCUT2D eigenvalue weighted by molar-refractivity contribution is 7.17. The van der Waals surface area contributed by atoms with E-state index in [0.29, 0.717) is 36.2 Å². The molecule has 2 aromatic carbocycles. The molecule has 222 valence electrons. The highest BCUT2D eigenvalue weighted by atomic mass is 32.1. The van der Waals surface area contributed by atoms with E-state index in [9.17, 15) is 9.18 Å². The third-order valence-electron chi connectivity index (χ3n) is 7.07. The van der Waals surface area contributed by atoms with Gasteiger partial charge in [0.05, 0.1) is 17.9 Å². The van der Waals surface area contributed by atoms with E-state index in [1.54, 1.807) is 38.2 Å². The molecule has 1 N–H and O–H groups in total. The first-order valence-corrected chi connectivity index (χ1v) is 15.0. The molecule has 0 radical (unpaired) electrons. The highest BCUT2D eigenvalue weighted by Gasteiger charge is 2.25. The molecule has 0 saturated heterocycles. The van der Waals surface area contributed by atoms with Crippen LogP contribution in [0.3, 0.4) is 0 Å². The molecule has 4 aromatic rings. The zero-order valence-electron chi connectivity index (χ0n) is 24.7. The van der Waals surface area contributed by atoms with Crippen molar-refractivity contribution in [2.75, 3.05) is 40.5 Å². The van der Waals surface area contributed by atoms with Gasteiger partial charge in [-0.1, -0.05) is 12.1 Å². The number of carbonyl (C=O) groups excluding carboxylic acids is 1. The third kappa shape index (κ3) is 6.88. The second-order valence-corrected chi connectivity index (χ2v) is 12.4. The number of aryl methyl sites for hydroxylation is 1. The minimum Gasteiger partial charge on any atom is -0.490 e. The molecule has 8 nitrogen and oxygen atoms in total. The number of nitrogens with one attached hydrogen (secondary N) is 1. The van der Waals surface area contributed by atoms with E-state index in [1.165, 1.54) is 23.3 Å². The van der Waals surface area contributed by atoms with Crippen LogP contribution < -0.4 is 10.1 Å². The summed E-state index contributed by atoms with van der Waals surface area (Å²) in [6.45, 7) is 6.47. The van der Waals surface area contributed by atoms with E-state index in [0.717, 1.165) is 34.2 Å². The van der Waals surface area contributed by atoms with Crippen LogP contribution in [0.5, 0.6) is 5.75 Å². The minimum atomic E-state index is -0.557. The van der Waals surface area contributed by atoms with E-state index >= 15 is 0 Å². The Labute approximate surface area is 249 Å². The maximum Gasteiger partial charge on any atom is 0.407 e. The quantitative estimate of drug-likeness (QED) is 0.207. The van der Waals surface area contributed by atoms with Crippen LogP contribution >= 0.6 is 11.3 Å². The van der Waals surface area contributed by atoms with Crippen molar-refractivity contribution >= 4 is 27.5 Å². The van der Waals surface area contributed by atoms with Crippen molar-refractivity contribution in [3.63, 3.8) is 0 Å². The van der Waals surface area contributed by atoms with Crippen LogP contribution in [0.1, 0.15) is 44.4 Å². The molecular formula is C32H37FN4O4S. The van der Waals surface area contributed by atoms with Crippen LogP contribution in [0.15, 0.2) is 47.8 Å². The van der Waals surface area contributed by atoms with E-state index in [1.807, 2.05) is 5.38 Å². The number of fused-ring (bicyclic) bond motifs is 2. The Balaban J connectivity index is 1.28. The number of hydrogen-bond donors (Lipinski definition) is 1. The van der Waals surface area contributed by atoms with Crippen molar-refractivity contribution < 1.29 is 23.4 Å². The fourth-order valence-corrected chi connectivity index (χ4v) is 6.10. The molecule has 10 heteroatoms. The predicted octanol–water partition coefficient (Wildman–Crippen LogP) is 6.63. The number of thiophene rings is 1. The molecule has 42 heavy (non-hydrogen) atoms. The van der Waals surface area contributed by atoms with Crippen LogP contribution in [-0.2, 0) is 15.9 Å². The van der Waals surface area contributed by atoms with Gasteiger partial charge in [-0.25, -0.2) is 9.18 Å². The number of hydrogen-bond acceptors (Lipinski definition) is 8. The van der Waals surface area contributed by atoms with Gasteiger partial charge in [-0.3, -0.25) is 0 Å². The van der Waals surface area contributed by atoms with E-state index in [2.05, 4.69) is 58.8 Å². The number of aromatic nitrogens is 2. The van der Waals surface area contributed by atoms with Gasteiger partial charge in [0.25, 0.3) is 0 Å². The molecule has 2 aromatic heterocycles. The minimum absolute atomic E-state index is 0.199. The maximum atomic E-state index is 14.3. The van der Waals surface area contributed by atoms with Crippen molar-refractivity contribution in [1.82, 2.24) is 20.4 Å². The summed E-state index contributed by atoms with van der Waals surface area (Å²) in [4.78, 5) is 14.0. The lowest BCUT2D eigenvalue weighted by Crippen LogP contribution is -2.34. The summed E-state index contributed by atoms with van der Waals surface area (Å²) in [6.07, 6.45) is 1.67. The summed E-state index contributed by atoms with van der Waals surface area (Å²) in [5.74, 6) is -0.0353. The number of carbonyl (C=O) groups is 1. The Bertz CT molecular complexity index is 1570. The fourth-order valence-electron chi connectivity index (χ4n) is 5.21. The average Bonchev–Trinajstić information content (AvgIpc) is 3.59. The van der Waals surface area contributed by atoms with Crippen molar-refractivity contribution in [2.24, 2.45) is 0 Å². The van der Waals surface area contributed by atoms with E-state index in [4.69, 9.17) is 14.2 Å². The summed E-state index contributed by atoms with van der Waals surface area (Å²) in [5.41, 5.74) is 5.38. The first kappa shape index (κ1) is 29.9. The number of halogens is 1. The Kier molecular flexibility index (Phi) is 9.05. The fraction of sp³-hybridized carbons (Fsp3) is 0.406. The van der Waals surface area contributed by atoms with Gasteiger partial charge in [0, 0.05) is 35.2 Å². The first-order valence-electron chi connectivity index (χ1n) is 14.1. The van der Waals surface area contributed by atoms with Gasteiger partial charge in [0.1, 0.15) is 35.2 Å². The maximum absolute atomic E-state index is 14.3. The number of ether oxygens (including phenoxy) is 3. The number of rotatable bonds is 10. The lowest BCUT2D eigenvalue weighted by Gasteiger charge is -2.20. The predicted molar refractivity (Wildman–Crippen MR) is 164 cm³/mol. The van der Waals surface area contributed by atoms with Crippen molar-refractivity contribution in [3.8, 4) is 28.3 Å². The molecule has 2 heterocycles. The van der Waals surface area contributed by atoms with Crippen LogP contribution in [0, 0.1) is 5.82 Å². The largest absolute Gasteiger partial charge is 0.490 e. The zero-order chi connectivity index (χ0) is 29.9. The Morgan fingerprint density at radius 3 is 2.67 bits per heavy atom. The van der Waals surface area contributed by atoms with E-state index in [-0.39, 0.29) is 13.2 Å². The van der Waals surface area contributed by atoms with Crippen LogP contribution in [0.2, 0.25) is 0 Å². The standard InChI is InChI=1S/C32H37FN4O4S/c1-32(2,3)41-31(38)34-13-14-39-15-16-40-27-19-22(33)8-10-24(27)29-30-25(12-17-42-30)28(35-36-29)21-6-9-23-20(18-21)7-11-26(23)37(4)5/h6,8-10,12,17-19,26H,7,11,13-16H2,1-5H3,(H,34,38). The number of amides is 1. The normalized spacial score (nSPS) is 14.8. The highest BCUT2D eigenvalue weighted by Crippen LogP contribution is 2.41. The number of nitrogens with zero attached hydrogens (tertiary/aromatic N) is 3. The zero-order valence-corrected chi connectivity index (χ0v) is 25.5. The molecule has 0 bridgehead atoms. The Hall–Kier alpha value is -3.60. The average molecular weight is 593 g/mol. The molecule has 0 spiro atoms. The topological polar surface area (TPSA) is 85.8 Å². The smallest absolute Gasteiger partial charge is 0.407 e. The summed E-state index contributed by atoms with van der Waals surface area (Å²) in [7, 11) is 4.25. The second-order valence-electron chi connectivity index (χ2n) is 11.5. The summed E-state index contributed by atoms with van der Waals surface area (Å²) in [5, 5.41) is 15.0. The molecule has 0 saturated carbocycles. The number of alkyl carbamates (subject to hydrolysis) is 1. The lowest BCUT2D eigenvalue weighted by molar-refractivity contribution is 0.0489. The summed E-state index contributed by atoms with van der Waals surface area (Å²) >= 11 is 1.58. The van der Waals surface area contributed by atoms with E-state index < -0.39 is 17.5 Å². The summed E-state index contributed by atoms with van der Waals surface area (Å²) < 4.78 is 31.9. The van der Waals surface area contributed by atoms with Gasteiger partial charge in [-0.05, 0) is 88.5 Å². The molecule has 5 rings (SSSR count). The van der Waals surface area contributed by atoms with Gasteiger partial charge < -0.3 is 24.4 Å². The molecule has 1 amide bonds. The van der Waals surface area contributed by atoms with Crippen molar-refractivity contribution in [2.45, 2.75) is 45.3 Å². The van der Waals surface area contributed by atoms with Gasteiger partial charge in [0.2, 0.25) is 0 Å². The van der Waals surface area contributed by atoms with Gasteiger partial charge in [-0.2, -0.15) is 0 Å². The van der Waals surface area contributed by atoms with Gasteiger partial charge in [0.15, 0.2) is 0 Å². The molecule has 1 aliphatic rings. The summed E-state index contributed by atoms with van der Waals surface area (Å²) in [6, 6.07) is 13.5. The molecule has 0 fully saturated rings. The van der Waals surface area contributed by atoms with Crippen LogP contribution in [0.4, 0.5) is 9.18 Å². The Morgan fingerprint density at radius 2 is 1.88 bits per heavy atom. The van der Waals surface area contributed by atoms with Crippen molar-refractivity contribution in [3.05, 3.63) is 64.8 Å². The molecule has 1 atom stereocenters. The number of benzene rings is 2. The van der Waals surface area contributed by atoms with Gasteiger partial charge in [-0.15, -0.1) is 21.5 Å². The second kappa shape index (κ2) is 12.7. The first-order chi connectivity index (χ1) is 20.1. The molecule has 1 unspecified atom stereocenters. The van der Waals surface area contributed by atoms with Crippen molar-refractivity contribution in [1.29, 1.82) is 0 Å². The lowest BCUT2D eigenvalue weighted by atomic mass is 10.0. The van der Waals surface area contributed by atoms with Crippen LogP contribution in [-0.4, -0.2) is 67.3 Å².